The van der Waals surface area contributed by atoms with Crippen molar-refractivity contribution in [3.05, 3.63) is 83.9 Å². The number of nitrogens with zero attached hydrogens (tertiary/aromatic N) is 2. The second-order valence-electron chi connectivity index (χ2n) is 8.02. The van der Waals surface area contributed by atoms with Crippen LogP contribution in [-0.2, 0) is 0 Å². The maximum absolute atomic E-state index is 8.89. The maximum atomic E-state index is 8.89. The van der Waals surface area contributed by atoms with E-state index in [0.717, 1.165) is 38.9 Å². The molecule has 4 aromatic rings. The Balaban J connectivity index is 1.86. The number of amidine groups is 2. The molecule has 0 fully saturated rings. The van der Waals surface area contributed by atoms with Crippen molar-refractivity contribution in [3.8, 4) is 0 Å². The van der Waals surface area contributed by atoms with Gasteiger partial charge in [-0.25, -0.2) is 4.99 Å². The molecule has 152 valence electrons. The molecule has 4 rings (SSSR count). The standard InChI is InChI=1S/C26H27N3O/c1-17(2)18(3)29(4)26(19-11-6-5-7-12-19)28-25(27)21-14-10-16-23-24(21)20-13-8-9-15-22(20)30-23/h5-18,27H,1-4H3/t18-/m1/s1. The molecule has 0 saturated heterocycles. The molecule has 1 N–H and O–H groups in total. The van der Waals surface area contributed by atoms with Crippen LogP contribution in [-0.4, -0.2) is 29.7 Å². The first-order chi connectivity index (χ1) is 14.5. The molecule has 4 heteroatoms. The Morgan fingerprint density at radius 3 is 2.27 bits per heavy atom. The Bertz CT molecular complexity index is 1220. The molecule has 0 aliphatic heterocycles. The number of fused-ring (bicyclic) bond motifs is 3. The minimum atomic E-state index is 0.230. The number of furan rings is 1. The molecular formula is C26H27N3O. The fourth-order valence-electron chi connectivity index (χ4n) is 3.71. The molecule has 1 atom stereocenters. The minimum Gasteiger partial charge on any atom is -0.456 e. The van der Waals surface area contributed by atoms with Gasteiger partial charge in [0.2, 0.25) is 0 Å². The fraction of sp³-hybridized carbons (Fsp3) is 0.231. The van der Waals surface area contributed by atoms with E-state index >= 15 is 0 Å². The van der Waals surface area contributed by atoms with E-state index in [1.807, 2.05) is 72.8 Å². The third-order valence-electron chi connectivity index (χ3n) is 5.82. The fourth-order valence-corrected chi connectivity index (χ4v) is 3.71. The molecule has 0 radical (unpaired) electrons. The second-order valence-corrected chi connectivity index (χ2v) is 8.02. The summed E-state index contributed by atoms with van der Waals surface area (Å²) in [6.45, 7) is 6.60. The molecule has 0 bridgehead atoms. The van der Waals surface area contributed by atoms with Gasteiger partial charge in [-0.2, -0.15) is 0 Å². The molecular weight excluding hydrogens is 370 g/mol. The van der Waals surface area contributed by atoms with Crippen LogP contribution in [0.25, 0.3) is 21.9 Å². The number of rotatable bonds is 4. The Hall–Kier alpha value is -3.40. The molecule has 4 nitrogen and oxygen atoms in total. The van der Waals surface area contributed by atoms with Crippen LogP contribution < -0.4 is 0 Å². The lowest BCUT2D eigenvalue weighted by atomic mass is 10.0. The Labute approximate surface area is 177 Å². The number of hydrogen-bond acceptors (Lipinski definition) is 2. The first-order valence-corrected chi connectivity index (χ1v) is 10.3. The van der Waals surface area contributed by atoms with Gasteiger partial charge in [-0.05, 0) is 25.0 Å². The highest BCUT2D eigenvalue weighted by atomic mass is 16.3. The predicted octanol–water partition coefficient (Wildman–Crippen LogP) is 6.33. The second kappa shape index (κ2) is 8.15. The summed E-state index contributed by atoms with van der Waals surface area (Å²) in [4.78, 5) is 7.01. The molecule has 0 aliphatic carbocycles. The van der Waals surface area contributed by atoms with Crippen LogP contribution in [0.2, 0.25) is 0 Å². The van der Waals surface area contributed by atoms with Crippen LogP contribution >= 0.6 is 0 Å². The average molecular weight is 398 g/mol. The highest BCUT2D eigenvalue weighted by molar-refractivity contribution is 6.20. The molecule has 30 heavy (non-hydrogen) atoms. The summed E-state index contributed by atoms with van der Waals surface area (Å²) in [5, 5.41) is 10.8. The highest BCUT2D eigenvalue weighted by Crippen LogP contribution is 2.31. The van der Waals surface area contributed by atoms with Crippen LogP contribution in [0.4, 0.5) is 0 Å². The average Bonchev–Trinajstić information content (AvgIpc) is 3.15. The van der Waals surface area contributed by atoms with Crippen LogP contribution in [0.3, 0.4) is 0 Å². The van der Waals surface area contributed by atoms with Gasteiger partial charge in [-0.1, -0.05) is 74.5 Å². The maximum Gasteiger partial charge on any atom is 0.154 e. The molecule has 3 aromatic carbocycles. The van der Waals surface area contributed by atoms with E-state index in [9.17, 15) is 0 Å². The largest absolute Gasteiger partial charge is 0.456 e. The summed E-state index contributed by atoms with van der Waals surface area (Å²) < 4.78 is 5.99. The number of nitrogens with one attached hydrogen (secondary N) is 1. The van der Waals surface area contributed by atoms with Crippen molar-refractivity contribution in [1.82, 2.24) is 4.90 Å². The van der Waals surface area contributed by atoms with E-state index in [0.29, 0.717) is 5.92 Å². The molecule has 0 unspecified atom stereocenters. The normalized spacial score (nSPS) is 13.2. The van der Waals surface area contributed by atoms with Crippen molar-refractivity contribution < 1.29 is 4.42 Å². The zero-order valence-corrected chi connectivity index (χ0v) is 17.9. The lowest BCUT2D eigenvalue weighted by Gasteiger charge is -2.31. The number of benzene rings is 3. The Morgan fingerprint density at radius 1 is 0.867 bits per heavy atom. The van der Waals surface area contributed by atoms with Crippen molar-refractivity contribution >= 4 is 33.6 Å². The summed E-state index contributed by atoms with van der Waals surface area (Å²) in [5.41, 5.74) is 3.38. The molecule has 1 aromatic heterocycles. The highest BCUT2D eigenvalue weighted by Gasteiger charge is 2.20. The Kier molecular flexibility index (Phi) is 5.40. The Morgan fingerprint density at radius 2 is 1.53 bits per heavy atom. The van der Waals surface area contributed by atoms with Crippen LogP contribution in [0.1, 0.15) is 31.9 Å². The van der Waals surface area contributed by atoms with Crippen molar-refractivity contribution in [3.63, 3.8) is 0 Å². The zero-order chi connectivity index (χ0) is 21.3. The minimum absolute atomic E-state index is 0.230. The predicted molar refractivity (Wildman–Crippen MR) is 126 cm³/mol. The van der Waals surface area contributed by atoms with Crippen LogP contribution in [0, 0.1) is 11.3 Å². The molecule has 0 amide bonds. The van der Waals surface area contributed by atoms with Crippen molar-refractivity contribution in [2.45, 2.75) is 26.8 Å². The van der Waals surface area contributed by atoms with Gasteiger partial charge in [0.15, 0.2) is 5.84 Å². The lowest BCUT2D eigenvalue weighted by molar-refractivity contribution is 0.310. The quantitative estimate of drug-likeness (QED) is 0.323. The SMILES string of the molecule is CC(C)[C@@H](C)N(C)C(=NC(=N)c1cccc2oc3ccccc3c12)c1ccccc1. The molecule has 0 aliphatic rings. The van der Waals surface area contributed by atoms with Crippen molar-refractivity contribution in [2.24, 2.45) is 10.9 Å². The van der Waals surface area contributed by atoms with E-state index in [2.05, 4.69) is 32.7 Å². The molecule has 0 spiro atoms. The first-order valence-electron chi connectivity index (χ1n) is 10.3. The van der Waals surface area contributed by atoms with Gasteiger partial charge in [0.1, 0.15) is 17.0 Å². The number of aliphatic imine (C=N–C) groups is 1. The summed E-state index contributed by atoms with van der Waals surface area (Å²) in [5.74, 6) is 1.49. The third-order valence-corrected chi connectivity index (χ3v) is 5.82. The molecule has 0 saturated carbocycles. The zero-order valence-electron chi connectivity index (χ0n) is 17.9. The van der Waals surface area contributed by atoms with Gasteiger partial charge in [0.25, 0.3) is 0 Å². The van der Waals surface area contributed by atoms with Gasteiger partial charge in [-0.3, -0.25) is 5.41 Å². The van der Waals surface area contributed by atoms with E-state index in [-0.39, 0.29) is 11.9 Å². The monoisotopic (exact) mass is 397 g/mol. The van der Waals surface area contributed by atoms with Crippen LogP contribution in [0.5, 0.6) is 0 Å². The lowest BCUT2D eigenvalue weighted by Crippen LogP contribution is -2.39. The first kappa shape index (κ1) is 19.9. The topological polar surface area (TPSA) is 52.6 Å². The van der Waals surface area contributed by atoms with Crippen molar-refractivity contribution in [2.75, 3.05) is 7.05 Å². The van der Waals surface area contributed by atoms with Gasteiger partial charge in [0, 0.05) is 35.0 Å². The van der Waals surface area contributed by atoms with Gasteiger partial charge < -0.3 is 9.32 Å². The summed E-state index contributed by atoms with van der Waals surface area (Å²) in [7, 11) is 2.05. The van der Waals surface area contributed by atoms with Gasteiger partial charge in [0.05, 0.1) is 0 Å². The molecule has 1 heterocycles. The van der Waals surface area contributed by atoms with Crippen LogP contribution in [0.15, 0.2) is 82.2 Å². The number of hydrogen-bond donors (Lipinski definition) is 1. The summed E-state index contributed by atoms with van der Waals surface area (Å²) >= 11 is 0. The van der Waals surface area contributed by atoms with E-state index in [1.165, 1.54) is 0 Å². The summed E-state index contributed by atoms with van der Waals surface area (Å²) in [6.07, 6.45) is 0. The van der Waals surface area contributed by atoms with Gasteiger partial charge in [-0.15, -0.1) is 0 Å². The summed E-state index contributed by atoms with van der Waals surface area (Å²) in [6, 6.07) is 24.1. The van der Waals surface area contributed by atoms with Gasteiger partial charge >= 0.3 is 0 Å². The van der Waals surface area contributed by atoms with Crippen molar-refractivity contribution in [1.29, 1.82) is 5.41 Å². The van der Waals surface area contributed by atoms with E-state index < -0.39 is 0 Å². The van der Waals surface area contributed by atoms with E-state index in [4.69, 9.17) is 14.8 Å². The number of para-hydroxylation sites is 1. The van der Waals surface area contributed by atoms with E-state index in [1.54, 1.807) is 0 Å². The smallest absolute Gasteiger partial charge is 0.154 e. The third kappa shape index (κ3) is 3.61.